The zero-order valence-electron chi connectivity index (χ0n) is 9.40. The smallest absolute Gasteiger partial charge is 0.139 e. The van der Waals surface area contributed by atoms with Gasteiger partial charge in [0, 0.05) is 30.7 Å². The van der Waals surface area contributed by atoms with Crippen LogP contribution in [0.4, 0.5) is 0 Å². The fourth-order valence-electron chi connectivity index (χ4n) is 2.16. The van der Waals surface area contributed by atoms with Crippen molar-refractivity contribution in [2.24, 2.45) is 7.05 Å². The summed E-state index contributed by atoms with van der Waals surface area (Å²) in [5.74, 6) is 0.359. The molecule has 84 valence electrons. The third-order valence-electron chi connectivity index (χ3n) is 3.28. The van der Waals surface area contributed by atoms with E-state index in [1.807, 2.05) is 19.2 Å². The first-order valence-corrected chi connectivity index (χ1v) is 5.75. The number of nitrogens with one attached hydrogen (secondary N) is 1. The Hall–Kier alpha value is -1.48. The topological polar surface area (TPSA) is 37.2 Å². The highest BCUT2D eigenvalue weighted by atomic mass is 16.3. The average Bonchev–Trinajstić information content (AvgIpc) is 3.02. The van der Waals surface area contributed by atoms with Gasteiger partial charge >= 0.3 is 0 Å². The fourth-order valence-corrected chi connectivity index (χ4v) is 2.16. The molecule has 3 rings (SSSR count). The molecule has 1 aliphatic rings. The lowest BCUT2D eigenvalue weighted by atomic mass is 10.2. The maximum Gasteiger partial charge on any atom is 0.139 e. The molecular formula is C13H16N2O. The Balaban J connectivity index is 1.98. The first-order chi connectivity index (χ1) is 7.75. The van der Waals surface area contributed by atoms with Gasteiger partial charge in [-0.25, -0.2) is 0 Å². The predicted molar refractivity (Wildman–Crippen MR) is 64.4 cm³/mol. The van der Waals surface area contributed by atoms with Crippen LogP contribution in [-0.4, -0.2) is 15.7 Å². The van der Waals surface area contributed by atoms with Crippen molar-refractivity contribution in [3.8, 4) is 5.75 Å². The molecule has 3 heteroatoms. The fraction of sp³-hybridized carbons (Fsp3) is 0.385. The molecule has 0 spiro atoms. The molecule has 1 heterocycles. The second-order valence-corrected chi connectivity index (χ2v) is 4.56. The number of hydrogen-bond acceptors (Lipinski definition) is 2. The molecule has 1 aromatic heterocycles. The van der Waals surface area contributed by atoms with E-state index in [1.54, 1.807) is 6.07 Å². The molecule has 0 radical (unpaired) electrons. The minimum atomic E-state index is 0.359. The van der Waals surface area contributed by atoms with Crippen LogP contribution in [0.25, 0.3) is 10.9 Å². The largest absolute Gasteiger partial charge is 0.506 e. The number of phenolic OH excluding ortho intramolecular Hbond substituents is 1. The summed E-state index contributed by atoms with van der Waals surface area (Å²) in [6.07, 6.45) is 2.60. The molecule has 16 heavy (non-hydrogen) atoms. The molecule has 1 aromatic carbocycles. The van der Waals surface area contributed by atoms with Gasteiger partial charge in [0.15, 0.2) is 0 Å². The van der Waals surface area contributed by atoms with E-state index < -0.39 is 0 Å². The third-order valence-corrected chi connectivity index (χ3v) is 3.28. The Labute approximate surface area is 94.7 Å². The number of aryl methyl sites for hydroxylation is 1. The van der Waals surface area contributed by atoms with Crippen LogP contribution in [0.15, 0.2) is 24.3 Å². The number of aromatic nitrogens is 1. The average molecular weight is 216 g/mol. The van der Waals surface area contributed by atoms with Gasteiger partial charge in [0.25, 0.3) is 0 Å². The third kappa shape index (κ3) is 1.57. The Bertz CT molecular complexity index is 526. The number of fused-ring (bicyclic) bond motifs is 1. The molecule has 2 N–H and O–H groups in total. The zero-order valence-corrected chi connectivity index (χ0v) is 9.40. The molecule has 1 fully saturated rings. The van der Waals surface area contributed by atoms with Gasteiger partial charge in [0.1, 0.15) is 5.75 Å². The normalized spacial score (nSPS) is 15.8. The van der Waals surface area contributed by atoms with Gasteiger partial charge in [-0.15, -0.1) is 0 Å². The number of benzene rings is 1. The lowest BCUT2D eigenvalue weighted by Gasteiger charge is -2.05. The van der Waals surface area contributed by atoms with Gasteiger partial charge in [-0.05, 0) is 25.0 Å². The molecule has 3 nitrogen and oxygen atoms in total. The molecule has 0 atom stereocenters. The van der Waals surface area contributed by atoms with Crippen LogP contribution in [0, 0.1) is 0 Å². The van der Waals surface area contributed by atoms with Crippen molar-refractivity contribution in [2.75, 3.05) is 0 Å². The summed E-state index contributed by atoms with van der Waals surface area (Å²) in [6, 6.07) is 8.52. The lowest BCUT2D eigenvalue weighted by Crippen LogP contribution is -2.17. The Morgan fingerprint density at radius 1 is 1.44 bits per heavy atom. The lowest BCUT2D eigenvalue weighted by molar-refractivity contribution is 0.478. The minimum Gasteiger partial charge on any atom is -0.506 e. The summed E-state index contributed by atoms with van der Waals surface area (Å²) in [5, 5.41) is 14.4. The van der Waals surface area contributed by atoms with Gasteiger partial charge in [-0.1, -0.05) is 12.1 Å². The highest BCUT2D eigenvalue weighted by molar-refractivity contribution is 5.86. The summed E-state index contributed by atoms with van der Waals surface area (Å²) in [4.78, 5) is 0. The Morgan fingerprint density at radius 3 is 2.94 bits per heavy atom. The number of rotatable bonds is 3. The van der Waals surface area contributed by atoms with Gasteiger partial charge in [-0.2, -0.15) is 0 Å². The summed E-state index contributed by atoms with van der Waals surface area (Å²) in [5.41, 5.74) is 2.15. The van der Waals surface area contributed by atoms with Crippen molar-refractivity contribution in [3.63, 3.8) is 0 Å². The standard InChI is InChI=1S/C13H16N2O/c1-15-11(8-14-10-5-6-10)7-9-3-2-4-12(16)13(9)15/h2-4,7,10,14,16H,5-6,8H2,1H3. The molecule has 1 aliphatic carbocycles. The summed E-state index contributed by atoms with van der Waals surface area (Å²) < 4.78 is 2.07. The first kappa shape index (κ1) is 9.73. The van der Waals surface area contributed by atoms with Crippen LogP contribution < -0.4 is 5.32 Å². The van der Waals surface area contributed by atoms with E-state index in [-0.39, 0.29) is 0 Å². The highest BCUT2D eigenvalue weighted by Crippen LogP contribution is 2.27. The SMILES string of the molecule is Cn1c(CNC2CC2)cc2cccc(O)c21. The van der Waals surface area contributed by atoms with Gasteiger partial charge in [0.2, 0.25) is 0 Å². The van der Waals surface area contributed by atoms with Crippen LogP contribution in [-0.2, 0) is 13.6 Å². The number of aromatic hydroxyl groups is 1. The molecule has 0 amide bonds. The van der Waals surface area contributed by atoms with Crippen molar-refractivity contribution in [1.29, 1.82) is 0 Å². The summed E-state index contributed by atoms with van der Waals surface area (Å²) in [7, 11) is 2.01. The van der Waals surface area contributed by atoms with Crippen molar-refractivity contribution in [1.82, 2.24) is 9.88 Å². The number of para-hydroxylation sites is 1. The second kappa shape index (κ2) is 3.52. The number of hydrogen-bond donors (Lipinski definition) is 2. The zero-order chi connectivity index (χ0) is 11.1. The molecule has 0 saturated heterocycles. The van der Waals surface area contributed by atoms with Gasteiger partial charge in [0.05, 0.1) is 5.52 Å². The molecule has 0 unspecified atom stereocenters. The van der Waals surface area contributed by atoms with E-state index in [2.05, 4.69) is 16.0 Å². The van der Waals surface area contributed by atoms with E-state index in [1.165, 1.54) is 18.5 Å². The van der Waals surface area contributed by atoms with Crippen LogP contribution in [0.2, 0.25) is 0 Å². The molecule has 1 saturated carbocycles. The highest BCUT2D eigenvalue weighted by Gasteiger charge is 2.20. The van der Waals surface area contributed by atoms with E-state index in [9.17, 15) is 5.11 Å². The van der Waals surface area contributed by atoms with E-state index in [0.29, 0.717) is 11.8 Å². The summed E-state index contributed by atoms with van der Waals surface area (Å²) in [6.45, 7) is 0.884. The first-order valence-electron chi connectivity index (χ1n) is 5.75. The van der Waals surface area contributed by atoms with Crippen LogP contribution >= 0.6 is 0 Å². The molecule has 2 aromatic rings. The Kier molecular flexibility index (Phi) is 2.14. The Morgan fingerprint density at radius 2 is 2.25 bits per heavy atom. The summed E-state index contributed by atoms with van der Waals surface area (Å²) >= 11 is 0. The monoisotopic (exact) mass is 216 g/mol. The molecular weight excluding hydrogens is 200 g/mol. The molecule has 0 bridgehead atoms. The van der Waals surface area contributed by atoms with Gasteiger partial charge in [-0.3, -0.25) is 0 Å². The van der Waals surface area contributed by atoms with Crippen molar-refractivity contribution >= 4 is 10.9 Å². The van der Waals surface area contributed by atoms with Crippen molar-refractivity contribution in [2.45, 2.75) is 25.4 Å². The number of phenols is 1. The maximum atomic E-state index is 9.81. The van der Waals surface area contributed by atoms with Crippen LogP contribution in [0.3, 0.4) is 0 Å². The maximum absolute atomic E-state index is 9.81. The van der Waals surface area contributed by atoms with Crippen LogP contribution in [0.5, 0.6) is 5.75 Å². The minimum absolute atomic E-state index is 0.359. The second-order valence-electron chi connectivity index (χ2n) is 4.56. The molecule has 0 aliphatic heterocycles. The van der Waals surface area contributed by atoms with E-state index in [0.717, 1.165) is 17.4 Å². The van der Waals surface area contributed by atoms with Gasteiger partial charge < -0.3 is 15.0 Å². The van der Waals surface area contributed by atoms with Crippen LogP contribution in [0.1, 0.15) is 18.5 Å². The van der Waals surface area contributed by atoms with E-state index in [4.69, 9.17) is 0 Å². The quantitative estimate of drug-likeness (QED) is 0.824. The number of nitrogens with zero attached hydrogens (tertiary/aromatic N) is 1. The van der Waals surface area contributed by atoms with Crippen molar-refractivity contribution < 1.29 is 5.11 Å². The predicted octanol–water partition coefficient (Wildman–Crippen LogP) is 2.14. The van der Waals surface area contributed by atoms with E-state index >= 15 is 0 Å². The van der Waals surface area contributed by atoms with Crippen molar-refractivity contribution in [3.05, 3.63) is 30.0 Å².